The third-order valence-electron chi connectivity index (χ3n) is 3.76. The molecule has 25 heavy (non-hydrogen) atoms. The van der Waals surface area contributed by atoms with E-state index in [2.05, 4.69) is 20.7 Å². The van der Waals surface area contributed by atoms with Crippen molar-refractivity contribution in [3.05, 3.63) is 71.4 Å². The highest BCUT2D eigenvalue weighted by Gasteiger charge is 2.08. The van der Waals surface area contributed by atoms with Crippen LogP contribution < -0.4 is 10.6 Å². The molecular weight excluding hydrogens is 321 g/mol. The standard InChI is InChI=1S/C18H18FN5O/c1-12-13(11-24(23-12)15-8-6-14(19)7-9-15)10-21-17-5-3-4-16(22-17)18(25)20-2/h3-9,11H,10H2,1-2H3,(H,20,25)(H,21,22). The Morgan fingerprint density at radius 1 is 1.20 bits per heavy atom. The molecular formula is C18H18FN5O. The van der Waals surface area contributed by atoms with Gasteiger partial charge in [-0.1, -0.05) is 6.07 Å². The van der Waals surface area contributed by atoms with Gasteiger partial charge in [0.05, 0.1) is 11.4 Å². The Morgan fingerprint density at radius 2 is 1.96 bits per heavy atom. The van der Waals surface area contributed by atoms with Crippen LogP contribution in [0.15, 0.2) is 48.7 Å². The minimum absolute atomic E-state index is 0.232. The summed E-state index contributed by atoms with van der Waals surface area (Å²) in [6.07, 6.45) is 1.89. The number of carbonyl (C=O) groups is 1. The van der Waals surface area contributed by atoms with Crippen molar-refractivity contribution in [1.82, 2.24) is 20.1 Å². The van der Waals surface area contributed by atoms with Crippen LogP contribution in [-0.4, -0.2) is 27.7 Å². The summed E-state index contributed by atoms with van der Waals surface area (Å²) in [5.41, 5.74) is 2.98. The molecule has 3 aromatic rings. The van der Waals surface area contributed by atoms with E-state index in [-0.39, 0.29) is 11.7 Å². The molecule has 1 amide bonds. The van der Waals surface area contributed by atoms with Gasteiger partial charge in [0.25, 0.3) is 5.91 Å². The highest BCUT2D eigenvalue weighted by molar-refractivity contribution is 5.92. The highest BCUT2D eigenvalue weighted by Crippen LogP contribution is 2.14. The fourth-order valence-electron chi connectivity index (χ4n) is 2.37. The predicted octanol–water partition coefficient (Wildman–Crippen LogP) is 2.69. The Hall–Kier alpha value is -3.22. The van der Waals surface area contributed by atoms with Crippen LogP contribution in [0.4, 0.5) is 10.2 Å². The van der Waals surface area contributed by atoms with Crippen molar-refractivity contribution in [2.24, 2.45) is 0 Å². The molecule has 0 radical (unpaired) electrons. The Balaban J connectivity index is 1.74. The summed E-state index contributed by atoms with van der Waals surface area (Å²) in [5.74, 6) is 0.0931. The molecule has 0 fully saturated rings. The Bertz CT molecular complexity index is 889. The summed E-state index contributed by atoms with van der Waals surface area (Å²) in [7, 11) is 1.57. The first kappa shape index (κ1) is 16.6. The molecule has 7 heteroatoms. The van der Waals surface area contributed by atoms with Gasteiger partial charge in [-0.25, -0.2) is 14.1 Å². The van der Waals surface area contributed by atoms with Gasteiger partial charge in [-0.15, -0.1) is 0 Å². The van der Waals surface area contributed by atoms with Crippen LogP contribution in [0.3, 0.4) is 0 Å². The van der Waals surface area contributed by atoms with Gasteiger partial charge in [0.2, 0.25) is 0 Å². The first-order chi connectivity index (χ1) is 12.1. The van der Waals surface area contributed by atoms with E-state index in [0.717, 1.165) is 16.9 Å². The monoisotopic (exact) mass is 339 g/mol. The fourth-order valence-corrected chi connectivity index (χ4v) is 2.37. The molecule has 0 unspecified atom stereocenters. The number of nitrogens with one attached hydrogen (secondary N) is 2. The molecule has 2 N–H and O–H groups in total. The second-order valence-corrected chi connectivity index (χ2v) is 5.50. The number of amides is 1. The summed E-state index contributed by atoms with van der Waals surface area (Å²) in [5, 5.41) is 10.2. The number of pyridine rings is 1. The average molecular weight is 339 g/mol. The van der Waals surface area contributed by atoms with Crippen LogP contribution in [-0.2, 0) is 6.54 Å². The minimum Gasteiger partial charge on any atom is -0.366 e. The topological polar surface area (TPSA) is 71.8 Å². The van der Waals surface area contributed by atoms with Gasteiger partial charge < -0.3 is 10.6 Å². The van der Waals surface area contributed by atoms with E-state index in [0.29, 0.717) is 18.1 Å². The average Bonchev–Trinajstić information content (AvgIpc) is 3.01. The number of rotatable bonds is 5. The van der Waals surface area contributed by atoms with Gasteiger partial charge in [0.15, 0.2) is 0 Å². The molecule has 3 rings (SSSR count). The normalized spacial score (nSPS) is 10.5. The maximum absolute atomic E-state index is 13.0. The van der Waals surface area contributed by atoms with Gasteiger partial charge in [-0.05, 0) is 43.3 Å². The number of nitrogens with zero attached hydrogens (tertiary/aromatic N) is 3. The number of hydrogen-bond acceptors (Lipinski definition) is 4. The van der Waals surface area contributed by atoms with Crippen LogP contribution in [0.5, 0.6) is 0 Å². The van der Waals surface area contributed by atoms with Crippen LogP contribution >= 0.6 is 0 Å². The molecule has 0 aliphatic rings. The largest absolute Gasteiger partial charge is 0.366 e. The molecule has 0 atom stereocenters. The van der Waals surface area contributed by atoms with Gasteiger partial charge in [-0.3, -0.25) is 4.79 Å². The van der Waals surface area contributed by atoms with E-state index in [4.69, 9.17) is 0 Å². The van der Waals surface area contributed by atoms with Crippen LogP contribution in [0.1, 0.15) is 21.7 Å². The van der Waals surface area contributed by atoms with E-state index in [9.17, 15) is 9.18 Å². The lowest BCUT2D eigenvalue weighted by molar-refractivity contribution is 0.0958. The van der Waals surface area contributed by atoms with Gasteiger partial charge >= 0.3 is 0 Å². The number of carbonyl (C=O) groups excluding carboxylic acids is 1. The van der Waals surface area contributed by atoms with Crippen molar-refractivity contribution in [3.63, 3.8) is 0 Å². The summed E-state index contributed by atoms with van der Waals surface area (Å²) < 4.78 is 14.7. The number of benzene rings is 1. The molecule has 0 saturated heterocycles. The number of hydrogen-bond donors (Lipinski definition) is 2. The summed E-state index contributed by atoms with van der Waals surface area (Å²) >= 11 is 0. The van der Waals surface area contributed by atoms with Crippen molar-refractivity contribution in [2.45, 2.75) is 13.5 Å². The lowest BCUT2D eigenvalue weighted by Crippen LogP contribution is -2.19. The lowest BCUT2D eigenvalue weighted by Gasteiger charge is -2.06. The first-order valence-corrected chi connectivity index (χ1v) is 7.81. The zero-order chi connectivity index (χ0) is 17.8. The number of aromatic nitrogens is 3. The Kier molecular flexibility index (Phi) is 4.74. The first-order valence-electron chi connectivity index (χ1n) is 7.81. The zero-order valence-corrected chi connectivity index (χ0v) is 14.0. The van der Waals surface area contributed by atoms with E-state index in [1.165, 1.54) is 12.1 Å². The van der Waals surface area contributed by atoms with Crippen molar-refractivity contribution in [1.29, 1.82) is 0 Å². The molecule has 2 heterocycles. The third kappa shape index (κ3) is 3.82. The van der Waals surface area contributed by atoms with Crippen molar-refractivity contribution in [2.75, 3.05) is 12.4 Å². The second kappa shape index (κ2) is 7.12. The third-order valence-corrected chi connectivity index (χ3v) is 3.76. The van der Waals surface area contributed by atoms with Crippen molar-refractivity contribution in [3.8, 4) is 5.69 Å². The Labute approximate surface area is 144 Å². The second-order valence-electron chi connectivity index (χ2n) is 5.50. The molecule has 2 aromatic heterocycles. The number of aryl methyl sites for hydroxylation is 1. The zero-order valence-electron chi connectivity index (χ0n) is 14.0. The van der Waals surface area contributed by atoms with Crippen molar-refractivity contribution >= 4 is 11.7 Å². The van der Waals surface area contributed by atoms with Crippen LogP contribution in [0.2, 0.25) is 0 Å². The lowest BCUT2D eigenvalue weighted by atomic mass is 10.2. The molecule has 0 bridgehead atoms. The Morgan fingerprint density at radius 3 is 2.68 bits per heavy atom. The molecule has 0 aliphatic heterocycles. The van der Waals surface area contributed by atoms with E-state index in [1.807, 2.05) is 13.1 Å². The van der Waals surface area contributed by atoms with Crippen LogP contribution in [0.25, 0.3) is 5.69 Å². The smallest absolute Gasteiger partial charge is 0.269 e. The molecule has 0 saturated carbocycles. The van der Waals surface area contributed by atoms with Gasteiger partial charge in [-0.2, -0.15) is 5.10 Å². The van der Waals surface area contributed by atoms with E-state index in [1.54, 1.807) is 42.1 Å². The maximum Gasteiger partial charge on any atom is 0.269 e. The van der Waals surface area contributed by atoms with E-state index < -0.39 is 0 Å². The summed E-state index contributed by atoms with van der Waals surface area (Å²) in [6, 6.07) is 11.4. The number of halogens is 1. The predicted molar refractivity (Wildman–Crippen MR) is 93.2 cm³/mol. The molecule has 1 aromatic carbocycles. The van der Waals surface area contributed by atoms with Gasteiger partial charge in [0, 0.05) is 25.4 Å². The molecule has 0 aliphatic carbocycles. The van der Waals surface area contributed by atoms with Crippen LogP contribution in [0, 0.1) is 12.7 Å². The van der Waals surface area contributed by atoms with Gasteiger partial charge in [0.1, 0.15) is 17.3 Å². The summed E-state index contributed by atoms with van der Waals surface area (Å²) in [6.45, 7) is 2.42. The SMILES string of the molecule is CNC(=O)c1cccc(NCc2cn(-c3ccc(F)cc3)nc2C)n1. The summed E-state index contributed by atoms with van der Waals surface area (Å²) in [4.78, 5) is 15.9. The molecule has 128 valence electrons. The van der Waals surface area contributed by atoms with Crippen molar-refractivity contribution < 1.29 is 9.18 Å². The minimum atomic E-state index is -0.281. The molecule has 0 spiro atoms. The highest BCUT2D eigenvalue weighted by atomic mass is 19.1. The number of anilines is 1. The maximum atomic E-state index is 13.0. The van der Waals surface area contributed by atoms with E-state index >= 15 is 0 Å². The fraction of sp³-hybridized carbons (Fsp3) is 0.167. The quantitative estimate of drug-likeness (QED) is 0.750. The molecule has 6 nitrogen and oxygen atoms in total.